The summed E-state index contributed by atoms with van der Waals surface area (Å²) in [7, 11) is 0. The second-order valence-electron chi connectivity index (χ2n) is 12.8. The van der Waals surface area contributed by atoms with E-state index in [0.29, 0.717) is 0 Å². The minimum atomic E-state index is 1.11. The highest BCUT2D eigenvalue weighted by Gasteiger charge is 2.12. The van der Waals surface area contributed by atoms with Crippen LogP contribution in [-0.4, -0.2) is 0 Å². The van der Waals surface area contributed by atoms with E-state index < -0.39 is 0 Å². The topological polar surface area (TPSA) is 3.24 Å². The van der Waals surface area contributed by atoms with Crippen LogP contribution in [0, 0.1) is 6.92 Å². The van der Waals surface area contributed by atoms with E-state index in [-0.39, 0.29) is 0 Å². The van der Waals surface area contributed by atoms with Gasteiger partial charge in [0, 0.05) is 17.1 Å². The molecule has 0 unspecified atom stereocenters. The summed E-state index contributed by atoms with van der Waals surface area (Å²) in [5, 5.41) is 0. The van der Waals surface area contributed by atoms with E-state index in [1.165, 1.54) is 33.4 Å². The Morgan fingerprint density at radius 2 is 0.673 bits per heavy atom. The Hall–Kier alpha value is -6.70. The molecule has 7 aromatic carbocycles. The van der Waals surface area contributed by atoms with Crippen LogP contribution in [0.3, 0.4) is 0 Å². The highest BCUT2D eigenvalue weighted by molar-refractivity contribution is 5.82. The smallest absolute Gasteiger partial charge is 0.0462 e. The van der Waals surface area contributed by atoms with Crippen molar-refractivity contribution in [1.29, 1.82) is 0 Å². The Morgan fingerprint density at radius 3 is 1.10 bits per heavy atom. The normalized spacial score (nSPS) is 11.3. The molecule has 0 aliphatic heterocycles. The molecule has 0 saturated heterocycles. The second kappa shape index (κ2) is 16.8. The maximum absolute atomic E-state index is 2.30. The first-order valence-corrected chi connectivity index (χ1v) is 17.8. The lowest BCUT2D eigenvalue weighted by molar-refractivity contribution is 1.28. The SMILES string of the molecule is Cc1ccc(/C=C\c2ccc(N(c3ccccc3)c3ccc(/C=C\c4ccc(/C=C/C=C(c5ccccc5)c5ccccc5)cc4)cc3)cc2)cc1. The number of hydrogen-bond donors (Lipinski definition) is 0. The first-order valence-electron chi connectivity index (χ1n) is 17.8. The van der Waals surface area contributed by atoms with E-state index in [1.807, 2.05) is 0 Å². The maximum Gasteiger partial charge on any atom is 0.0462 e. The fraction of sp³-hybridized carbons (Fsp3) is 0.0196. The molecule has 0 fully saturated rings. The van der Waals surface area contributed by atoms with Crippen LogP contribution >= 0.6 is 0 Å². The molecule has 250 valence electrons. The number of benzene rings is 7. The lowest BCUT2D eigenvalue weighted by Gasteiger charge is -2.25. The molecule has 0 aromatic heterocycles. The van der Waals surface area contributed by atoms with E-state index >= 15 is 0 Å². The number of allylic oxidation sites excluding steroid dienone is 2. The van der Waals surface area contributed by atoms with Gasteiger partial charge >= 0.3 is 0 Å². The number of hydrogen-bond acceptors (Lipinski definition) is 1. The predicted octanol–water partition coefficient (Wildman–Crippen LogP) is 14.0. The molecule has 0 bridgehead atoms. The standard InChI is InChI=1S/C51H41N/c1-40-20-22-42(23-21-40)28-30-44-32-36-49(37-33-44)52(48-17-9-4-10-18-48)50-38-34-45(35-39-50)31-29-43-26-24-41(25-27-43)12-11-19-51(46-13-5-2-6-14-46)47-15-7-3-8-16-47/h2-39H,1H3/b12-11+,30-28-,31-29-. The van der Waals surface area contributed by atoms with Gasteiger partial charge in [0.25, 0.3) is 0 Å². The quantitative estimate of drug-likeness (QED) is 0.0980. The van der Waals surface area contributed by atoms with Gasteiger partial charge in [-0.25, -0.2) is 0 Å². The van der Waals surface area contributed by atoms with Gasteiger partial charge in [0.2, 0.25) is 0 Å². The number of nitrogens with zero attached hydrogens (tertiary/aromatic N) is 1. The van der Waals surface area contributed by atoms with Crippen molar-refractivity contribution >= 4 is 53.0 Å². The molecule has 0 amide bonds. The van der Waals surface area contributed by atoms with Crippen LogP contribution in [0.5, 0.6) is 0 Å². The Kier molecular flexibility index (Phi) is 10.9. The summed E-state index contributed by atoms with van der Waals surface area (Å²) < 4.78 is 0. The van der Waals surface area contributed by atoms with Gasteiger partial charge in [-0.1, -0.05) is 200 Å². The molecule has 0 atom stereocenters. The number of aryl methyl sites for hydroxylation is 1. The molecule has 0 heterocycles. The van der Waals surface area contributed by atoms with Gasteiger partial charge in [0.15, 0.2) is 0 Å². The van der Waals surface area contributed by atoms with E-state index in [1.54, 1.807) is 0 Å². The zero-order valence-corrected chi connectivity index (χ0v) is 29.4. The lowest BCUT2D eigenvalue weighted by Crippen LogP contribution is -2.09. The van der Waals surface area contributed by atoms with Crippen LogP contribution in [0.25, 0.3) is 36.0 Å². The summed E-state index contributed by atoms with van der Waals surface area (Å²) in [5.41, 5.74) is 14.1. The third kappa shape index (κ3) is 8.90. The van der Waals surface area contributed by atoms with Crippen LogP contribution in [0.2, 0.25) is 0 Å². The molecule has 0 saturated carbocycles. The maximum atomic E-state index is 2.30. The average Bonchev–Trinajstić information content (AvgIpc) is 3.21. The van der Waals surface area contributed by atoms with Crippen molar-refractivity contribution in [1.82, 2.24) is 0 Å². The third-order valence-electron chi connectivity index (χ3n) is 8.99. The summed E-state index contributed by atoms with van der Waals surface area (Å²) in [6.45, 7) is 2.11. The highest BCUT2D eigenvalue weighted by atomic mass is 15.1. The third-order valence-corrected chi connectivity index (χ3v) is 8.99. The van der Waals surface area contributed by atoms with Gasteiger partial charge < -0.3 is 4.90 Å². The Labute approximate surface area is 308 Å². The van der Waals surface area contributed by atoms with E-state index in [9.17, 15) is 0 Å². The zero-order valence-electron chi connectivity index (χ0n) is 29.4. The summed E-state index contributed by atoms with van der Waals surface area (Å²) in [4.78, 5) is 2.30. The molecular weight excluding hydrogens is 627 g/mol. The molecule has 52 heavy (non-hydrogen) atoms. The summed E-state index contributed by atoms with van der Waals surface area (Å²) >= 11 is 0. The lowest BCUT2D eigenvalue weighted by atomic mass is 9.97. The van der Waals surface area contributed by atoms with Gasteiger partial charge in [-0.2, -0.15) is 0 Å². The second-order valence-corrected chi connectivity index (χ2v) is 12.8. The molecule has 1 heteroatoms. The van der Waals surface area contributed by atoms with Crippen molar-refractivity contribution < 1.29 is 0 Å². The van der Waals surface area contributed by atoms with Crippen LogP contribution in [0.1, 0.15) is 44.5 Å². The molecule has 7 rings (SSSR count). The van der Waals surface area contributed by atoms with Gasteiger partial charge in [0.1, 0.15) is 0 Å². The molecule has 0 radical (unpaired) electrons. The zero-order chi connectivity index (χ0) is 35.4. The fourth-order valence-corrected chi connectivity index (χ4v) is 6.12. The van der Waals surface area contributed by atoms with Crippen molar-refractivity contribution in [3.05, 3.63) is 245 Å². The number of anilines is 3. The molecule has 0 aliphatic carbocycles. The van der Waals surface area contributed by atoms with Crippen LogP contribution in [0.15, 0.2) is 200 Å². The van der Waals surface area contributed by atoms with E-state index in [4.69, 9.17) is 0 Å². The van der Waals surface area contributed by atoms with Gasteiger partial charge in [-0.3, -0.25) is 0 Å². The van der Waals surface area contributed by atoms with E-state index in [0.717, 1.165) is 33.8 Å². The largest absolute Gasteiger partial charge is 0.311 e. The first-order chi connectivity index (χ1) is 25.7. The molecule has 0 aliphatic rings. The van der Waals surface area contributed by atoms with Crippen molar-refractivity contribution in [3.8, 4) is 0 Å². The number of para-hydroxylation sites is 1. The van der Waals surface area contributed by atoms with Crippen molar-refractivity contribution in [3.63, 3.8) is 0 Å². The monoisotopic (exact) mass is 667 g/mol. The summed E-state index contributed by atoms with van der Waals surface area (Å²) in [6.07, 6.45) is 15.2. The van der Waals surface area contributed by atoms with Gasteiger partial charge in [0.05, 0.1) is 0 Å². The molecule has 0 N–H and O–H groups in total. The molecular formula is C51H41N. The van der Waals surface area contributed by atoms with Crippen LogP contribution in [0.4, 0.5) is 17.1 Å². The Balaban J connectivity index is 1.03. The minimum Gasteiger partial charge on any atom is -0.311 e. The van der Waals surface area contributed by atoms with Crippen LogP contribution in [-0.2, 0) is 0 Å². The van der Waals surface area contributed by atoms with Crippen molar-refractivity contribution in [2.75, 3.05) is 4.90 Å². The number of rotatable bonds is 11. The van der Waals surface area contributed by atoms with Crippen molar-refractivity contribution in [2.45, 2.75) is 6.92 Å². The predicted molar refractivity (Wildman–Crippen MR) is 226 cm³/mol. The Bertz CT molecular complexity index is 2230. The summed E-state index contributed by atoms with van der Waals surface area (Å²) in [5.74, 6) is 0. The molecule has 1 nitrogen and oxygen atoms in total. The first kappa shape index (κ1) is 33.8. The average molecular weight is 668 g/mol. The van der Waals surface area contributed by atoms with Gasteiger partial charge in [-0.05, 0) is 87.8 Å². The van der Waals surface area contributed by atoms with Crippen LogP contribution < -0.4 is 4.90 Å². The van der Waals surface area contributed by atoms with E-state index in [2.05, 4.69) is 242 Å². The molecule has 7 aromatic rings. The fourth-order valence-electron chi connectivity index (χ4n) is 6.12. The Morgan fingerprint density at radius 1 is 0.346 bits per heavy atom. The summed E-state index contributed by atoms with van der Waals surface area (Å²) in [6, 6.07) is 66.4. The minimum absolute atomic E-state index is 1.11. The van der Waals surface area contributed by atoms with Crippen molar-refractivity contribution in [2.24, 2.45) is 0 Å². The highest BCUT2D eigenvalue weighted by Crippen LogP contribution is 2.35. The molecule has 0 spiro atoms. The van der Waals surface area contributed by atoms with Gasteiger partial charge in [-0.15, -0.1) is 0 Å².